The average molecular weight is 836 g/mol. The molecular formula is C41H47Cl3F2N4O6. The summed E-state index contributed by atoms with van der Waals surface area (Å²) in [4.78, 5) is 13.8. The molecule has 0 radical (unpaired) electrons. The molecule has 1 saturated heterocycles. The van der Waals surface area contributed by atoms with Gasteiger partial charge in [-0.25, -0.2) is 8.78 Å². The van der Waals surface area contributed by atoms with E-state index in [0.29, 0.717) is 52.4 Å². The van der Waals surface area contributed by atoms with Crippen LogP contribution in [0.1, 0.15) is 24.0 Å². The molecule has 5 aromatic rings. The Morgan fingerprint density at radius 2 is 1.05 bits per heavy atom. The number of anilines is 1. The van der Waals surface area contributed by atoms with Crippen LogP contribution in [0, 0.1) is 11.6 Å². The van der Waals surface area contributed by atoms with E-state index >= 15 is 0 Å². The minimum atomic E-state index is -0.877. The van der Waals surface area contributed by atoms with E-state index in [0.717, 1.165) is 60.4 Å². The summed E-state index contributed by atoms with van der Waals surface area (Å²) < 4.78 is 61.9. The number of piperidine rings is 1. The highest BCUT2D eigenvalue weighted by Crippen LogP contribution is 2.42. The molecule has 15 heteroatoms. The fourth-order valence-corrected chi connectivity index (χ4v) is 6.86. The molecule has 56 heavy (non-hydrogen) atoms. The highest BCUT2D eigenvalue weighted by atomic mass is 35.5. The Kier molecular flexibility index (Phi) is 17.1. The summed E-state index contributed by atoms with van der Waals surface area (Å²) in [5, 5.41) is 0. The van der Waals surface area contributed by atoms with Gasteiger partial charge in [0.25, 0.3) is 0 Å². The second-order valence-electron chi connectivity index (χ2n) is 12.7. The van der Waals surface area contributed by atoms with Crippen molar-refractivity contribution in [1.82, 2.24) is 14.9 Å². The zero-order valence-corrected chi connectivity index (χ0v) is 34.5. The molecule has 302 valence electrons. The maximum absolute atomic E-state index is 14.6. The summed E-state index contributed by atoms with van der Waals surface area (Å²) in [7, 11) is 9.46. The minimum Gasteiger partial charge on any atom is -0.493 e. The van der Waals surface area contributed by atoms with Gasteiger partial charge in [-0.2, -0.15) is 0 Å². The first-order valence-electron chi connectivity index (χ1n) is 17.2. The number of hydrogen-bond acceptors (Lipinski definition) is 10. The Labute approximate surface area is 345 Å². The van der Waals surface area contributed by atoms with Crippen LogP contribution in [0.5, 0.6) is 34.5 Å². The lowest BCUT2D eigenvalue weighted by molar-refractivity contribution is 0.201. The summed E-state index contributed by atoms with van der Waals surface area (Å²) in [6, 6.07) is 19.7. The van der Waals surface area contributed by atoms with Crippen LogP contribution in [0.4, 0.5) is 14.5 Å². The van der Waals surface area contributed by atoms with Gasteiger partial charge in [-0.1, -0.05) is 0 Å². The van der Waals surface area contributed by atoms with Crippen LogP contribution >= 0.6 is 37.2 Å². The van der Waals surface area contributed by atoms with Crippen molar-refractivity contribution in [1.29, 1.82) is 0 Å². The van der Waals surface area contributed by atoms with Gasteiger partial charge in [-0.15, -0.1) is 37.2 Å². The molecule has 1 fully saturated rings. The van der Waals surface area contributed by atoms with Crippen LogP contribution in [-0.4, -0.2) is 76.7 Å². The van der Waals surface area contributed by atoms with Crippen LogP contribution < -0.4 is 33.3 Å². The molecule has 1 aliphatic rings. The van der Waals surface area contributed by atoms with Crippen molar-refractivity contribution in [2.45, 2.75) is 32.0 Å². The topological polar surface area (TPSA) is 87.6 Å². The number of pyridine rings is 2. The zero-order valence-electron chi connectivity index (χ0n) is 32.0. The van der Waals surface area contributed by atoms with Crippen molar-refractivity contribution >= 4 is 42.9 Å². The van der Waals surface area contributed by atoms with Crippen LogP contribution in [0.25, 0.3) is 22.5 Å². The second-order valence-corrected chi connectivity index (χ2v) is 12.7. The summed E-state index contributed by atoms with van der Waals surface area (Å²) in [6.45, 7) is 2.85. The smallest absolute Gasteiger partial charge is 0.203 e. The fourth-order valence-electron chi connectivity index (χ4n) is 6.86. The molecule has 10 nitrogen and oxygen atoms in total. The number of nitrogens with zero attached hydrogens (tertiary/aromatic N) is 4. The van der Waals surface area contributed by atoms with Gasteiger partial charge in [0.15, 0.2) is 34.6 Å². The van der Waals surface area contributed by atoms with Crippen molar-refractivity contribution in [3.8, 4) is 57.0 Å². The van der Waals surface area contributed by atoms with Gasteiger partial charge < -0.3 is 33.3 Å². The SMILES string of the molecule is COc1cc(-c2cc(CN3CCC(N(Cc4ccnc(-c5cc(OC)c(OC)c(OC)c5)c4)c4ccc(F)c(F)c4)CC3)ccn2)cc(OC)c1OC.Cl.Cl.Cl. The molecule has 0 spiro atoms. The Balaban J connectivity index is 0.00000280. The molecule has 3 heterocycles. The van der Waals surface area contributed by atoms with E-state index in [9.17, 15) is 8.78 Å². The molecule has 0 bridgehead atoms. The van der Waals surface area contributed by atoms with Crippen LogP contribution in [-0.2, 0) is 13.1 Å². The first kappa shape index (κ1) is 45.6. The van der Waals surface area contributed by atoms with E-state index in [1.807, 2.05) is 48.7 Å². The third-order valence-corrected chi connectivity index (χ3v) is 9.56. The van der Waals surface area contributed by atoms with E-state index in [-0.39, 0.29) is 43.3 Å². The van der Waals surface area contributed by atoms with Crippen LogP contribution in [0.2, 0.25) is 0 Å². The third-order valence-electron chi connectivity index (χ3n) is 9.56. The van der Waals surface area contributed by atoms with Crippen molar-refractivity contribution < 1.29 is 37.2 Å². The molecule has 2 aromatic heterocycles. The standard InChI is InChI=1S/C41H44F2N4O6.3ClH/c1-48-36-19-28(20-37(49-2)40(36)52-5)34-17-26(9-13-44-34)24-46-15-11-30(12-16-46)47(31-7-8-32(42)33(43)23-31)25-27-10-14-45-35(18-27)29-21-38(50-3)41(53-6)39(22-29)51-4;;;/h7-10,13-14,17-23,30H,11-12,15-16,24-25H2,1-6H3;3*1H. The number of methoxy groups -OCH3 is 6. The lowest BCUT2D eigenvalue weighted by atomic mass is 10.00. The number of hydrogen-bond donors (Lipinski definition) is 0. The Morgan fingerprint density at radius 1 is 0.589 bits per heavy atom. The van der Waals surface area contributed by atoms with Crippen molar-refractivity contribution in [2.75, 3.05) is 60.6 Å². The fraction of sp³-hybridized carbons (Fsp3) is 0.317. The maximum Gasteiger partial charge on any atom is 0.203 e. The van der Waals surface area contributed by atoms with Crippen LogP contribution in [0.3, 0.4) is 0 Å². The van der Waals surface area contributed by atoms with E-state index in [1.165, 1.54) is 12.1 Å². The van der Waals surface area contributed by atoms with Gasteiger partial charge in [0.1, 0.15) is 0 Å². The molecular weight excluding hydrogens is 789 g/mol. The molecule has 0 amide bonds. The van der Waals surface area contributed by atoms with Gasteiger partial charge in [0.2, 0.25) is 11.5 Å². The number of rotatable bonds is 14. The van der Waals surface area contributed by atoms with E-state index in [4.69, 9.17) is 28.4 Å². The monoisotopic (exact) mass is 834 g/mol. The normalized spacial score (nSPS) is 12.6. The average Bonchev–Trinajstić information content (AvgIpc) is 3.20. The minimum absolute atomic E-state index is 0. The quantitative estimate of drug-likeness (QED) is 0.108. The second kappa shape index (κ2) is 21.0. The molecule has 6 rings (SSSR count). The highest BCUT2D eigenvalue weighted by Gasteiger charge is 2.27. The van der Waals surface area contributed by atoms with E-state index in [2.05, 4.69) is 25.8 Å². The lowest BCUT2D eigenvalue weighted by Gasteiger charge is -2.40. The molecule has 0 N–H and O–H groups in total. The Hall–Kier alpha value is -4.75. The number of halogens is 5. The van der Waals surface area contributed by atoms with Gasteiger partial charge in [0.05, 0.1) is 54.0 Å². The highest BCUT2D eigenvalue weighted by molar-refractivity contribution is 5.86. The largest absolute Gasteiger partial charge is 0.493 e. The maximum atomic E-state index is 14.6. The number of aromatic nitrogens is 2. The summed E-state index contributed by atoms with van der Waals surface area (Å²) in [5.41, 5.74) is 5.86. The summed E-state index contributed by atoms with van der Waals surface area (Å²) >= 11 is 0. The molecule has 0 saturated carbocycles. The predicted molar refractivity (Wildman–Crippen MR) is 221 cm³/mol. The lowest BCUT2D eigenvalue weighted by Crippen LogP contribution is -2.44. The molecule has 0 aliphatic carbocycles. The zero-order chi connectivity index (χ0) is 37.5. The third kappa shape index (κ3) is 10.2. The van der Waals surface area contributed by atoms with Crippen LogP contribution in [0.15, 0.2) is 79.1 Å². The molecule has 1 aliphatic heterocycles. The Morgan fingerprint density at radius 3 is 1.50 bits per heavy atom. The van der Waals surface area contributed by atoms with Crippen molar-refractivity contribution in [2.24, 2.45) is 0 Å². The molecule has 0 unspecified atom stereocenters. The predicted octanol–water partition coefficient (Wildman–Crippen LogP) is 9.08. The number of benzene rings is 3. The van der Waals surface area contributed by atoms with Crippen molar-refractivity contribution in [3.05, 3.63) is 102 Å². The first-order chi connectivity index (χ1) is 25.8. The number of ether oxygens (including phenoxy) is 6. The number of likely N-dealkylation sites (tertiary alicyclic amines) is 1. The van der Waals surface area contributed by atoms with Gasteiger partial charge in [-0.3, -0.25) is 14.9 Å². The van der Waals surface area contributed by atoms with Crippen molar-refractivity contribution in [3.63, 3.8) is 0 Å². The van der Waals surface area contributed by atoms with E-state index < -0.39 is 11.6 Å². The van der Waals surface area contributed by atoms with Gasteiger partial charge in [-0.05, 0) is 84.6 Å². The van der Waals surface area contributed by atoms with Gasteiger partial charge >= 0.3 is 0 Å². The summed E-state index contributed by atoms with van der Waals surface area (Å²) in [6.07, 6.45) is 5.22. The van der Waals surface area contributed by atoms with E-state index in [1.54, 1.807) is 54.9 Å². The van der Waals surface area contributed by atoms with Gasteiger partial charge in [0, 0.05) is 67.5 Å². The summed E-state index contributed by atoms with van der Waals surface area (Å²) in [5.74, 6) is 1.43. The first-order valence-corrected chi connectivity index (χ1v) is 17.2. The Bertz CT molecular complexity index is 2010. The molecule has 0 atom stereocenters. The molecule has 3 aromatic carbocycles.